The Labute approximate surface area is 136 Å². The number of ether oxygens (including phenoxy) is 1. The first kappa shape index (κ1) is 15.3. The van der Waals surface area contributed by atoms with Crippen LogP contribution in [0.2, 0.25) is 0 Å². The predicted octanol–water partition coefficient (Wildman–Crippen LogP) is 2.49. The van der Waals surface area contributed by atoms with Gasteiger partial charge in [0.05, 0.1) is 12.1 Å². The largest absolute Gasteiger partial charge is 0.491 e. The molecule has 1 aromatic carbocycles. The van der Waals surface area contributed by atoms with E-state index in [9.17, 15) is 4.79 Å². The Bertz CT molecular complexity index is 711. The number of carbonyl (C=O) groups is 1. The molecule has 1 aliphatic heterocycles. The number of hydrogen-bond donors (Lipinski definition) is 0. The predicted molar refractivity (Wildman–Crippen MR) is 90.0 cm³/mol. The highest BCUT2D eigenvalue weighted by Gasteiger charge is 2.21. The third kappa shape index (κ3) is 3.28. The fourth-order valence-electron chi connectivity index (χ4n) is 2.61. The molecule has 1 aliphatic rings. The molecule has 0 N–H and O–H groups in total. The van der Waals surface area contributed by atoms with Crippen molar-refractivity contribution in [1.82, 2.24) is 9.88 Å². The Morgan fingerprint density at radius 3 is 2.78 bits per heavy atom. The monoisotopic (exact) mass is 311 g/mol. The summed E-state index contributed by atoms with van der Waals surface area (Å²) < 4.78 is 5.79. The standard InChI is InChI=1S/C18H21N3O2/c1-13-4-5-14(11-19-13)18(22)21-8-9-23-17-7-6-16(20(2)3)10-15(17)12-21/h4-7,10-11H,8-9,12H2,1-3H3. The van der Waals surface area contributed by atoms with Gasteiger partial charge >= 0.3 is 0 Å². The number of aryl methyl sites for hydroxylation is 1. The first-order valence-corrected chi connectivity index (χ1v) is 7.69. The molecule has 0 unspecified atom stereocenters. The van der Waals surface area contributed by atoms with E-state index in [1.54, 1.807) is 6.20 Å². The first-order valence-electron chi connectivity index (χ1n) is 7.69. The summed E-state index contributed by atoms with van der Waals surface area (Å²) in [6.45, 7) is 3.52. The van der Waals surface area contributed by atoms with E-state index < -0.39 is 0 Å². The number of fused-ring (bicyclic) bond motifs is 1. The number of pyridine rings is 1. The van der Waals surface area contributed by atoms with Crippen LogP contribution in [0.5, 0.6) is 5.75 Å². The maximum absolute atomic E-state index is 12.7. The summed E-state index contributed by atoms with van der Waals surface area (Å²) in [6.07, 6.45) is 1.64. The van der Waals surface area contributed by atoms with Gasteiger partial charge < -0.3 is 14.5 Å². The SMILES string of the molecule is Cc1ccc(C(=O)N2CCOc3ccc(N(C)C)cc3C2)cn1. The van der Waals surface area contributed by atoms with E-state index in [0.29, 0.717) is 25.3 Å². The lowest BCUT2D eigenvalue weighted by Crippen LogP contribution is -2.32. The Morgan fingerprint density at radius 1 is 1.26 bits per heavy atom. The molecule has 5 heteroatoms. The average Bonchev–Trinajstić information content (AvgIpc) is 2.76. The normalized spacial score (nSPS) is 13.8. The zero-order valence-corrected chi connectivity index (χ0v) is 13.7. The highest BCUT2D eigenvalue weighted by molar-refractivity contribution is 5.94. The van der Waals surface area contributed by atoms with Crippen molar-refractivity contribution >= 4 is 11.6 Å². The van der Waals surface area contributed by atoms with E-state index >= 15 is 0 Å². The van der Waals surface area contributed by atoms with Crippen molar-refractivity contribution in [1.29, 1.82) is 0 Å². The quantitative estimate of drug-likeness (QED) is 0.855. The number of carbonyl (C=O) groups excluding carboxylic acids is 1. The fraction of sp³-hybridized carbons (Fsp3) is 0.333. The van der Waals surface area contributed by atoms with Crippen LogP contribution in [0.15, 0.2) is 36.5 Å². The van der Waals surface area contributed by atoms with Crippen LogP contribution in [0.4, 0.5) is 5.69 Å². The van der Waals surface area contributed by atoms with Crippen LogP contribution in [0, 0.1) is 6.92 Å². The van der Waals surface area contributed by atoms with Crippen LogP contribution < -0.4 is 9.64 Å². The van der Waals surface area contributed by atoms with E-state index in [2.05, 4.69) is 11.1 Å². The van der Waals surface area contributed by atoms with Gasteiger partial charge in [-0.3, -0.25) is 9.78 Å². The number of aromatic nitrogens is 1. The number of nitrogens with zero attached hydrogens (tertiary/aromatic N) is 3. The van der Waals surface area contributed by atoms with Crippen LogP contribution in [0.1, 0.15) is 21.6 Å². The minimum absolute atomic E-state index is 0.00999. The van der Waals surface area contributed by atoms with Gasteiger partial charge in [-0.05, 0) is 37.3 Å². The summed E-state index contributed by atoms with van der Waals surface area (Å²) >= 11 is 0. The lowest BCUT2D eigenvalue weighted by Gasteiger charge is -2.20. The van der Waals surface area contributed by atoms with Crippen molar-refractivity contribution in [3.63, 3.8) is 0 Å². The van der Waals surface area contributed by atoms with Crippen molar-refractivity contribution < 1.29 is 9.53 Å². The third-order valence-corrected chi connectivity index (χ3v) is 3.99. The minimum Gasteiger partial charge on any atom is -0.491 e. The molecule has 0 saturated carbocycles. The van der Waals surface area contributed by atoms with Gasteiger partial charge in [0.1, 0.15) is 12.4 Å². The molecule has 5 nitrogen and oxygen atoms in total. The molecule has 2 heterocycles. The van der Waals surface area contributed by atoms with Crippen LogP contribution in [0.25, 0.3) is 0 Å². The molecule has 120 valence electrons. The summed E-state index contributed by atoms with van der Waals surface area (Å²) in [4.78, 5) is 20.8. The summed E-state index contributed by atoms with van der Waals surface area (Å²) in [5.41, 5.74) is 3.64. The van der Waals surface area contributed by atoms with Crippen LogP contribution >= 0.6 is 0 Å². The fourth-order valence-corrected chi connectivity index (χ4v) is 2.61. The van der Waals surface area contributed by atoms with Crippen molar-refractivity contribution in [3.8, 4) is 5.75 Å². The highest BCUT2D eigenvalue weighted by atomic mass is 16.5. The van der Waals surface area contributed by atoms with Gasteiger partial charge in [0.2, 0.25) is 0 Å². The number of amides is 1. The van der Waals surface area contributed by atoms with Crippen LogP contribution in [0.3, 0.4) is 0 Å². The summed E-state index contributed by atoms with van der Waals surface area (Å²) in [5.74, 6) is 0.845. The maximum atomic E-state index is 12.7. The van der Waals surface area contributed by atoms with Gasteiger partial charge in [-0.2, -0.15) is 0 Å². The zero-order chi connectivity index (χ0) is 16.4. The average molecular weight is 311 g/mol. The Balaban J connectivity index is 1.86. The van der Waals surface area contributed by atoms with Crippen LogP contribution in [-0.2, 0) is 6.54 Å². The molecule has 0 radical (unpaired) electrons. The van der Waals surface area contributed by atoms with Gasteiger partial charge in [0.25, 0.3) is 5.91 Å². The third-order valence-electron chi connectivity index (χ3n) is 3.99. The van der Waals surface area contributed by atoms with E-state index in [1.165, 1.54) is 0 Å². The van der Waals surface area contributed by atoms with Crippen molar-refractivity contribution in [2.45, 2.75) is 13.5 Å². The minimum atomic E-state index is -0.00999. The summed E-state index contributed by atoms with van der Waals surface area (Å²) in [7, 11) is 4.00. The van der Waals surface area contributed by atoms with E-state index in [-0.39, 0.29) is 5.91 Å². The van der Waals surface area contributed by atoms with Gasteiger partial charge in [0.15, 0.2) is 0 Å². The van der Waals surface area contributed by atoms with E-state index in [1.807, 2.05) is 55.1 Å². The Hall–Kier alpha value is -2.56. The number of rotatable bonds is 2. The molecular weight excluding hydrogens is 290 g/mol. The second-order valence-corrected chi connectivity index (χ2v) is 5.95. The van der Waals surface area contributed by atoms with Gasteiger partial charge in [0, 0.05) is 43.8 Å². The van der Waals surface area contributed by atoms with Gasteiger partial charge in [-0.15, -0.1) is 0 Å². The van der Waals surface area contributed by atoms with Gasteiger partial charge in [-0.25, -0.2) is 0 Å². The lowest BCUT2D eigenvalue weighted by atomic mass is 10.1. The zero-order valence-electron chi connectivity index (χ0n) is 13.7. The molecule has 23 heavy (non-hydrogen) atoms. The molecule has 0 bridgehead atoms. The molecule has 0 spiro atoms. The second kappa shape index (κ2) is 6.28. The van der Waals surface area contributed by atoms with Gasteiger partial charge in [-0.1, -0.05) is 0 Å². The molecule has 0 saturated heterocycles. The van der Waals surface area contributed by atoms with Crippen molar-refractivity contribution in [2.24, 2.45) is 0 Å². The van der Waals surface area contributed by atoms with E-state index in [4.69, 9.17) is 4.74 Å². The molecule has 1 aromatic heterocycles. The first-order chi connectivity index (χ1) is 11.0. The Kier molecular flexibility index (Phi) is 4.19. The summed E-state index contributed by atoms with van der Waals surface area (Å²) in [6, 6.07) is 9.77. The molecule has 3 rings (SSSR count). The molecule has 0 atom stereocenters. The number of hydrogen-bond acceptors (Lipinski definition) is 4. The molecule has 0 fully saturated rings. The second-order valence-electron chi connectivity index (χ2n) is 5.95. The smallest absolute Gasteiger partial charge is 0.255 e. The molecule has 1 amide bonds. The lowest BCUT2D eigenvalue weighted by molar-refractivity contribution is 0.0733. The maximum Gasteiger partial charge on any atom is 0.255 e. The molecule has 0 aliphatic carbocycles. The van der Waals surface area contributed by atoms with Crippen LogP contribution in [-0.4, -0.2) is 43.0 Å². The topological polar surface area (TPSA) is 45.7 Å². The van der Waals surface area contributed by atoms with E-state index in [0.717, 1.165) is 22.7 Å². The number of benzene rings is 1. The highest BCUT2D eigenvalue weighted by Crippen LogP contribution is 2.28. The van der Waals surface area contributed by atoms with Crippen molar-refractivity contribution in [3.05, 3.63) is 53.3 Å². The number of anilines is 1. The Morgan fingerprint density at radius 2 is 2.09 bits per heavy atom. The molecular formula is C18H21N3O2. The van der Waals surface area contributed by atoms with Crippen molar-refractivity contribution in [2.75, 3.05) is 32.1 Å². The molecule has 2 aromatic rings. The summed E-state index contributed by atoms with van der Waals surface area (Å²) in [5, 5.41) is 0.